The van der Waals surface area contributed by atoms with Gasteiger partial charge in [-0.3, -0.25) is 4.90 Å². The molecule has 2 aliphatic heterocycles. The summed E-state index contributed by atoms with van der Waals surface area (Å²) >= 11 is 2.12. The fourth-order valence-corrected chi connectivity index (χ4v) is 5.14. The van der Waals surface area contributed by atoms with Gasteiger partial charge < -0.3 is 14.6 Å². The van der Waals surface area contributed by atoms with Gasteiger partial charge in [-0.25, -0.2) is 9.78 Å². The second-order valence-electron chi connectivity index (χ2n) is 7.72. The van der Waals surface area contributed by atoms with Crippen LogP contribution in [0.1, 0.15) is 24.8 Å². The third-order valence-electron chi connectivity index (χ3n) is 5.14. The van der Waals surface area contributed by atoms with Crippen molar-refractivity contribution in [3.63, 3.8) is 0 Å². The normalized spacial score (nSPS) is 23.2. The van der Waals surface area contributed by atoms with E-state index in [2.05, 4.69) is 27.7 Å². The number of halogens is 3. The standard InChI is InChI=1S/C17H24N2O2S.C2HF3O2/c1-20-16-14(3-2-6-18-16)8-19-11-17(12-19)7-15(10-22-17)21-9-13-4-5-13;3-2(4,5)1(6)7/h2-3,6,13,15H,4-5,7-12H2,1H3;(H,6,7). The molecule has 3 heterocycles. The summed E-state index contributed by atoms with van der Waals surface area (Å²) in [6.45, 7) is 4.27. The Morgan fingerprint density at radius 2 is 2.10 bits per heavy atom. The van der Waals surface area contributed by atoms with Gasteiger partial charge >= 0.3 is 12.1 Å². The molecule has 1 aromatic heterocycles. The zero-order valence-electron chi connectivity index (χ0n) is 16.2. The van der Waals surface area contributed by atoms with Crippen molar-refractivity contribution in [2.75, 3.05) is 32.6 Å². The van der Waals surface area contributed by atoms with E-state index in [1.54, 1.807) is 13.3 Å². The zero-order valence-corrected chi connectivity index (χ0v) is 17.0. The number of methoxy groups -OCH3 is 1. The molecule has 10 heteroatoms. The van der Waals surface area contributed by atoms with Gasteiger partial charge in [0.2, 0.25) is 5.88 Å². The lowest BCUT2D eigenvalue weighted by Gasteiger charge is -2.47. The molecule has 4 rings (SSSR count). The van der Waals surface area contributed by atoms with Crippen molar-refractivity contribution in [2.24, 2.45) is 5.92 Å². The quantitative estimate of drug-likeness (QED) is 0.737. The first-order valence-electron chi connectivity index (χ1n) is 9.47. The van der Waals surface area contributed by atoms with E-state index in [-0.39, 0.29) is 0 Å². The van der Waals surface area contributed by atoms with Crippen molar-refractivity contribution < 1.29 is 32.5 Å². The van der Waals surface area contributed by atoms with E-state index in [0.29, 0.717) is 10.9 Å². The lowest BCUT2D eigenvalue weighted by Crippen LogP contribution is -2.58. The molecule has 1 saturated carbocycles. The number of carbonyl (C=O) groups is 1. The fourth-order valence-electron chi connectivity index (χ4n) is 3.54. The number of alkyl halides is 3. The largest absolute Gasteiger partial charge is 0.490 e. The highest BCUT2D eigenvalue weighted by Gasteiger charge is 2.49. The third kappa shape index (κ3) is 6.23. The minimum Gasteiger partial charge on any atom is -0.481 e. The Morgan fingerprint density at radius 3 is 2.69 bits per heavy atom. The Bertz CT molecular complexity index is 709. The Hall–Kier alpha value is -1.52. The van der Waals surface area contributed by atoms with Crippen LogP contribution in [0, 0.1) is 5.92 Å². The van der Waals surface area contributed by atoms with Crippen LogP contribution in [0.5, 0.6) is 5.88 Å². The number of aliphatic carboxylic acids is 1. The molecule has 1 N–H and O–H groups in total. The van der Waals surface area contributed by atoms with Gasteiger partial charge in [-0.2, -0.15) is 13.2 Å². The van der Waals surface area contributed by atoms with Crippen LogP contribution >= 0.6 is 11.8 Å². The number of ether oxygens (including phenoxy) is 2. The molecule has 1 aromatic rings. The molecule has 0 bridgehead atoms. The van der Waals surface area contributed by atoms with Crippen LogP contribution in [0.4, 0.5) is 13.2 Å². The summed E-state index contributed by atoms with van der Waals surface area (Å²) in [5.41, 5.74) is 1.18. The Labute approximate surface area is 171 Å². The highest BCUT2D eigenvalue weighted by molar-refractivity contribution is 8.01. The first-order valence-corrected chi connectivity index (χ1v) is 10.5. The summed E-state index contributed by atoms with van der Waals surface area (Å²) in [5.74, 6) is 0.0506. The van der Waals surface area contributed by atoms with E-state index >= 15 is 0 Å². The Balaban J connectivity index is 0.000000298. The van der Waals surface area contributed by atoms with E-state index in [4.69, 9.17) is 19.4 Å². The first-order chi connectivity index (χ1) is 13.7. The molecule has 2 saturated heterocycles. The van der Waals surface area contributed by atoms with Gasteiger partial charge in [0.1, 0.15) is 0 Å². The average molecular weight is 434 g/mol. The van der Waals surface area contributed by atoms with Gasteiger partial charge in [-0.05, 0) is 31.2 Å². The molecule has 0 radical (unpaired) electrons. The minimum atomic E-state index is -5.08. The van der Waals surface area contributed by atoms with E-state index < -0.39 is 12.1 Å². The fraction of sp³-hybridized carbons (Fsp3) is 0.684. The van der Waals surface area contributed by atoms with Gasteiger partial charge in [0.15, 0.2) is 0 Å². The molecule has 29 heavy (non-hydrogen) atoms. The van der Waals surface area contributed by atoms with Crippen LogP contribution in [0.2, 0.25) is 0 Å². The summed E-state index contributed by atoms with van der Waals surface area (Å²) in [5, 5.41) is 7.12. The predicted octanol–water partition coefficient (Wildman–Crippen LogP) is 3.21. The maximum absolute atomic E-state index is 10.6. The second-order valence-corrected chi connectivity index (χ2v) is 9.20. The van der Waals surface area contributed by atoms with E-state index in [9.17, 15) is 13.2 Å². The predicted molar refractivity (Wildman–Crippen MR) is 102 cm³/mol. The highest BCUT2D eigenvalue weighted by atomic mass is 32.2. The van der Waals surface area contributed by atoms with Crippen LogP contribution < -0.4 is 4.74 Å². The number of thioether (sulfide) groups is 1. The summed E-state index contributed by atoms with van der Waals surface area (Å²) in [6, 6.07) is 4.10. The monoisotopic (exact) mass is 434 g/mol. The van der Waals surface area contributed by atoms with Gasteiger partial charge in [0.25, 0.3) is 0 Å². The van der Waals surface area contributed by atoms with Gasteiger partial charge in [0.05, 0.1) is 13.2 Å². The number of carboxylic acid groups (broad SMARTS) is 1. The van der Waals surface area contributed by atoms with Crippen molar-refractivity contribution in [3.8, 4) is 5.88 Å². The number of pyridine rings is 1. The summed E-state index contributed by atoms with van der Waals surface area (Å²) < 4.78 is 43.6. The third-order valence-corrected chi connectivity index (χ3v) is 6.72. The molecule has 0 amide bonds. The van der Waals surface area contributed by atoms with Crippen molar-refractivity contribution in [3.05, 3.63) is 23.9 Å². The maximum Gasteiger partial charge on any atom is 0.490 e. The van der Waals surface area contributed by atoms with Gasteiger partial charge in [-0.1, -0.05) is 6.07 Å². The molecule has 162 valence electrons. The zero-order chi connectivity index (χ0) is 21.1. The average Bonchev–Trinajstić information content (AvgIpc) is 3.38. The van der Waals surface area contributed by atoms with Crippen LogP contribution in [-0.2, 0) is 16.1 Å². The number of rotatable bonds is 6. The molecular weight excluding hydrogens is 409 g/mol. The van der Waals surface area contributed by atoms with Gasteiger partial charge in [-0.15, -0.1) is 11.8 Å². The maximum atomic E-state index is 10.6. The smallest absolute Gasteiger partial charge is 0.481 e. The minimum absolute atomic E-state index is 0.448. The Kier molecular flexibility index (Phi) is 6.95. The SMILES string of the molecule is COc1ncccc1CN1CC2(CC(OCC3CC3)CS2)C1.O=C(O)C(F)(F)F. The lowest BCUT2D eigenvalue weighted by molar-refractivity contribution is -0.192. The van der Waals surface area contributed by atoms with Crippen LogP contribution in [0.15, 0.2) is 18.3 Å². The van der Waals surface area contributed by atoms with Crippen LogP contribution in [-0.4, -0.2) is 70.5 Å². The summed E-state index contributed by atoms with van der Waals surface area (Å²) in [4.78, 5) is 15.7. The molecule has 0 aromatic carbocycles. The number of hydrogen-bond acceptors (Lipinski definition) is 6. The molecular formula is C19H25F3N2O4S. The molecule has 1 unspecified atom stereocenters. The number of likely N-dealkylation sites (tertiary alicyclic amines) is 1. The van der Waals surface area contributed by atoms with Crippen molar-refractivity contribution >= 4 is 17.7 Å². The number of nitrogens with zero attached hydrogens (tertiary/aromatic N) is 2. The number of hydrogen-bond donors (Lipinski definition) is 1. The number of aromatic nitrogens is 1. The summed E-state index contributed by atoms with van der Waals surface area (Å²) in [6.07, 6.45) is 1.18. The van der Waals surface area contributed by atoms with E-state index in [0.717, 1.165) is 24.9 Å². The van der Waals surface area contributed by atoms with Crippen molar-refractivity contribution in [1.29, 1.82) is 0 Å². The van der Waals surface area contributed by atoms with Crippen LogP contribution in [0.25, 0.3) is 0 Å². The molecule has 1 atom stereocenters. The molecule has 1 aliphatic carbocycles. The van der Waals surface area contributed by atoms with E-state index in [1.165, 1.54) is 43.7 Å². The molecule has 3 aliphatic rings. The van der Waals surface area contributed by atoms with E-state index in [1.807, 2.05) is 6.07 Å². The van der Waals surface area contributed by atoms with Crippen molar-refractivity contribution in [2.45, 2.75) is 42.8 Å². The summed E-state index contributed by atoms with van der Waals surface area (Å²) in [7, 11) is 1.69. The van der Waals surface area contributed by atoms with Gasteiger partial charge in [0, 0.05) is 48.5 Å². The topological polar surface area (TPSA) is 71.9 Å². The second kappa shape index (κ2) is 9.09. The first kappa shape index (κ1) is 22.2. The lowest BCUT2D eigenvalue weighted by atomic mass is 9.92. The number of carboxylic acids is 1. The Morgan fingerprint density at radius 1 is 1.41 bits per heavy atom. The van der Waals surface area contributed by atoms with Crippen LogP contribution in [0.3, 0.4) is 0 Å². The highest BCUT2D eigenvalue weighted by Crippen LogP contribution is 2.47. The van der Waals surface area contributed by atoms with Crippen molar-refractivity contribution in [1.82, 2.24) is 9.88 Å². The molecule has 6 nitrogen and oxygen atoms in total. The molecule has 3 fully saturated rings. The molecule has 1 spiro atoms.